The van der Waals surface area contributed by atoms with Crippen LogP contribution in [0.5, 0.6) is 34.5 Å². The number of ether oxygens (including phenoxy) is 4. The number of hydrogen-bond donors (Lipinski definition) is 4. The summed E-state index contributed by atoms with van der Waals surface area (Å²) in [6.07, 6.45) is 0.733. The molecule has 1 saturated heterocycles. The van der Waals surface area contributed by atoms with Gasteiger partial charge in [-0.2, -0.15) is 0 Å². The van der Waals surface area contributed by atoms with Crippen molar-refractivity contribution in [1.82, 2.24) is 0 Å². The van der Waals surface area contributed by atoms with Gasteiger partial charge in [-0.25, -0.2) is 0 Å². The fourth-order valence-corrected chi connectivity index (χ4v) is 5.04. The molecule has 3 aromatic carbocycles. The Balaban J connectivity index is 1.63. The van der Waals surface area contributed by atoms with E-state index in [-0.39, 0.29) is 58.4 Å². The smallest absolute Gasteiger partial charge is 0.309 e. The molecule has 0 aromatic heterocycles. The van der Waals surface area contributed by atoms with E-state index < -0.39 is 24.2 Å². The van der Waals surface area contributed by atoms with Crippen molar-refractivity contribution in [2.24, 2.45) is 11.8 Å². The monoisotopic (exact) mass is 552 g/mol. The summed E-state index contributed by atoms with van der Waals surface area (Å²) in [5.74, 6) is -2.56. The van der Waals surface area contributed by atoms with E-state index in [9.17, 15) is 30.0 Å². The summed E-state index contributed by atoms with van der Waals surface area (Å²) in [5.41, 5.74) is 1.81. The van der Waals surface area contributed by atoms with Crippen LogP contribution in [0.1, 0.15) is 33.0 Å². The van der Waals surface area contributed by atoms with Gasteiger partial charge in [-0.3, -0.25) is 9.59 Å². The molecule has 3 atom stereocenters. The van der Waals surface area contributed by atoms with Crippen LogP contribution in [0.2, 0.25) is 0 Å². The van der Waals surface area contributed by atoms with Crippen LogP contribution >= 0.6 is 0 Å². The number of Topliss-reactive ketones (excluding diaryl/α,β-unsaturated/α-hetero) is 1. The van der Waals surface area contributed by atoms with E-state index in [1.807, 2.05) is 0 Å². The molecule has 10 heteroatoms. The van der Waals surface area contributed by atoms with E-state index in [4.69, 9.17) is 18.9 Å². The number of aromatic hydroxyl groups is 3. The third-order valence-electron chi connectivity index (χ3n) is 7.23. The number of rotatable bonds is 11. The van der Waals surface area contributed by atoms with Crippen LogP contribution in [-0.2, 0) is 22.4 Å². The Labute approximate surface area is 231 Å². The molecule has 4 rings (SSSR count). The van der Waals surface area contributed by atoms with Gasteiger partial charge in [-0.15, -0.1) is 0 Å². The second-order valence-corrected chi connectivity index (χ2v) is 9.63. The van der Waals surface area contributed by atoms with Gasteiger partial charge in [0.15, 0.2) is 40.3 Å². The lowest BCUT2D eigenvalue weighted by atomic mass is 9.83. The number of carbonyl (C=O) groups excluding carboxylic acids is 2. The number of ketones is 1. The van der Waals surface area contributed by atoms with Gasteiger partial charge in [0.2, 0.25) is 0 Å². The zero-order valence-electron chi connectivity index (χ0n) is 22.4. The molecule has 212 valence electrons. The number of methoxy groups -OCH3 is 3. The summed E-state index contributed by atoms with van der Waals surface area (Å²) in [7, 11) is 4.19. The molecule has 0 saturated carbocycles. The molecule has 0 radical (unpaired) electrons. The Bertz CT molecular complexity index is 1400. The van der Waals surface area contributed by atoms with Crippen LogP contribution in [0, 0.1) is 11.8 Å². The highest BCUT2D eigenvalue weighted by molar-refractivity contribution is 6.02. The highest BCUT2D eigenvalue weighted by Crippen LogP contribution is 2.40. The Kier molecular flexibility index (Phi) is 8.69. The fourth-order valence-electron chi connectivity index (χ4n) is 5.04. The number of hydrogen-bond acceptors (Lipinski definition) is 10. The molecule has 0 amide bonds. The van der Waals surface area contributed by atoms with Crippen LogP contribution in [0.4, 0.5) is 0 Å². The van der Waals surface area contributed by atoms with E-state index in [1.165, 1.54) is 45.6 Å². The molecular weight excluding hydrogens is 520 g/mol. The largest absolute Gasteiger partial charge is 0.504 e. The van der Waals surface area contributed by atoms with E-state index in [0.29, 0.717) is 24.2 Å². The molecule has 1 aliphatic heterocycles. The third-order valence-corrected chi connectivity index (χ3v) is 7.23. The van der Waals surface area contributed by atoms with Gasteiger partial charge in [-0.1, -0.05) is 12.1 Å². The first-order valence-electron chi connectivity index (χ1n) is 12.6. The molecule has 0 bridgehead atoms. The summed E-state index contributed by atoms with van der Waals surface area (Å²) in [5, 5.41) is 40.9. The van der Waals surface area contributed by atoms with Crippen molar-refractivity contribution in [2.75, 3.05) is 34.5 Å². The predicted molar refractivity (Wildman–Crippen MR) is 143 cm³/mol. The van der Waals surface area contributed by atoms with Crippen molar-refractivity contribution in [3.63, 3.8) is 0 Å². The molecule has 0 spiro atoms. The third kappa shape index (κ3) is 5.76. The molecule has 1 fully saturated rings. The van der Waals surface area contributed by atoms with E-state index in [2.05, 4.69) is 0 Å². The molecule has 40 heavy (non-hydrogen) atoms. The number of cyclic esters (lactones) is 1. The van der Waals surface area contributed by atoms with Gasteiger partial charge < -0.3 is 39.4 Å². The lowest BCUT2D eigenvalue weighted by Crippen LogP contribution is -2.21. The van der Waals surface area contributed by atoms with Crippen molar-refractivity contribution in [3.05, 3.63) is 70.8 Å². The maximum Gasteiger partial charge on any atom is 0.309 e. The van der Waals surface area contributed by atoms with Crippen LogP contribution < -0.4 is 14.2 Å². The van der Waals surface area contributed by atoms with E-state index in [0.717, 1.165) is 5.56 Å². The van der Waals surface area contributed by atoms with Crippen molar-refractivity contribution >= 4 is 11.8 Å². The molecule has 1 heterocycles. The van der Waals surface area contributed by atoms with Crippen molar-refractivity contribution in [1.29, 1.82) is 0 Å². The Morgan fingerprint density at radius 3 is 2.15 bits per heavy atom. The predicted octanol–water partition coefficient (Wildman–Crippen LogP) is 3.36. The van der Waals surface area contributed by atoms with Crippen LogP contribution in [0.25, 0.3) is 0 Å². The minimum Gasteiger partial charge on any atom is -0.504 e. The fraction of sp³-hybridized carbons (Fsp3) is 0.333. The lowest BCUT2D eigenvalue weighted by Gasteiger charge is -2.21. The highest BCUT2D eigenvalue weighted by atomic mass is 16.5. The SMILES string of the molecule is COc1cc(CC2C(=O)OCC2Cc2cc(OC)c(O)c(C(CO)C(=O)c3ccc(O)c(OC)c3)c2)ccc1O. The minimum absolute atomic E-state index is 0.000696. The maximum absolute atomic E-state index is 13.4. The number of benzene rings is 3. The van der Waals surface area contributed by atoms with Gasteiger partial charge >= 0.3 is 5.97 Å². The first kappa shape index (κ1) is 28.6. The topological polar surface area (TPSA) is 152 Å². The molecule has 4 N–H and O–H groups in total. The Morgan fingerprint density at radius 1 is 0.875 bits per heavy atom. The van der Waals surface area contributed by atoms with Gasteiger partial charge in [0, 0.05) is 17.0 Å². The first-order valence-corrected chi connectivity index (χ1v) is 12.6. The average molecular weight is 553 g/mol. The molecule has 10 nitrogen and oxygen atoms in total. The summed E-state index contributed by atoms with van der Waals surface area (Å²) in [6.45, 7) is -0.411. The molecule has 1 aliphatic rings. The van der Waals surface area contributed by atoms with Crippen molar-refractivity contribution < 1.29 is 49.0 Å². The van der Waals surface area contributed by atoms with Gasteiger partial charge in [0.25, 0.3) is 0 Å². The quantitative estimate of drug-likeness (QED) is 0.206. The van der Waals surface area contributed by atoms with Crippen LogP contribution in [-0.4, -0.2) is 66.7 Å². The standard InChI is InChI=1S/C30H32O10/c1-37-25-11-16(4-6-23(25)32)9-20-19(15-40-30(20)36)8-17-10-21(29(35)27(12-17)39-3)22(14-31)28(34)18-5-7-24(33)26(13-18)38-2/h4-7,10-13,19-20,22,31-33,35H,8-9,14-15H2,1-3H3. The number of aliphatic hydroxyl groups excluding tert-OH is 1. The number of phenols is 3. The number of aliphatic hydroxyl groups is 1. The van der Waals surface area contributed by atoms with E-state index >= 15 is 0 Å². The summed E-state index contributed by atoms with van der Waals surface area (Å²) in [6, 6.07) is 12.2. The second kappa shape index (κ2) is 12.2. The molecule has 3 aromatic rings. The normalized spacial score (nSPS) is 17.2. The maximum atomic E-state index is 13.4. The first-order chi connectivity index (χ1) is 19.2. The average Bonchev–Trinajstić information content (AvgIpc) is 3.29. The second-order valence-electron chi connectivity index (χ2n) is 9.63. The van der Waals surface area contributed by atoms with Gasteiger partial charge in [-0.05, 0) is 60.4 Å². The zero-order chi connectivity index (χ0) is 29.0. The number of esters is 1. The zero-order valence-corrected chi connectivity index (χ0v) is 22.4. The van der Waals surface area contributed by atoms with Crippen molar-refractivity contribution in [2.45, 2.75) is 18.8 Å². The van der Waals surface area contributed by atoms with E-state index in [1.54, 1.807) is 24.3 Å². The lowest BCUT2D eigenvalue weighted by molar-refractivity contribution is -0.141. The Morgan fingerprint density at radius 2 is 1.50 bits per heavy atom. The summed E-state index contributed by atoms with van der Waals surface area (Å²) < 4.78 is 21.0. The number of phenolic OH excluding ortho intramolecular Hbond substituents is 3. The van der Waals surface area contributed by atoms with Crippen LogP contribution in [0.3, 0.4) is 0 Å². The van der Waals surface area contributed by atoms with Crippen molar-refractivity contribution in [3.8, 4) is 34.5 Å². The van der Waals surface area contributed by atoms with Gasteiger partial charge in [0.05, 0.1) is 46.4 Å². The summed E-state index contributed by atoms with van der Waals surface area (Å²) >= 11 is 0. The molecular formula is C30H32O10. The van der Waals surface area contributed by atoms with Crippen LogP contribution in [0.15, 0.2) is 48.5 Å². The molecule has 3 unspecified atom stereocenters. The number of carbonyl (C=O) groups is 2. The van der Waals surface area contributed by atoms with Gasteiger partial charge in [0.1, 0.15) is 0 Å². The Hall–Kier alpha value is -4.44. The molecule has 0 aliphatic carbocycles. The minimum atomic E-state index is -1.13. The summed E-state index contributed by atoms with van der Waals surface area (Å²) in [4.78, 5) is 26.0. The highest BCUT2D eigenvalue weighted by Gasteiger charge is 2.37.